The van der Waals surface area contributed by atoms with Crippen LogP contribution in [0.2, 0.25) is 0 Å². The number of hydrogen-bond acceptors (Lipinski definition) is 5. The molecule has 8 nitrogen and oxygen atoms in total. The van der Waals surface area contributed by atoms with Crippen LogP contribution in [0.3, 0.4) is 0 Å². The molecule has 33 heavy (non-hydrogen) atoms. The number of carbonyl (C=O) groups is 3. The van der Waals surface area contributed by atoms with Crippen LogP contribution in [0.4, 0.5) is 4.79 Å². The number of piperidine rings is 2. The summed E-state index contributed by atoms with van der Waals surface area (Å²) in [5, 5.41) is 3.00. The molecule has 4 heterocycles. The molecule has 0 saturated carbocycles. The molecule has 1 N–H and O–H groups in total. The van der Waals surface area contributed by atoms with Crippen LogP contribution < -0.4 is 5.32 Å². The largest absolute Gasteiger partial charge is 0.338 e. The lowest BCUT2D eigenvalue weighted by atomic mass is 9.86. The molecule has 1 aromatic carbocycles. The Morgan fingerprint density at radius 2 is 1.76 bits per heavy atom. The molecule has 3 aliphatic rings. The summed E-state index contributed by atoms with van der Waals surface area (Å²) in [6.45, 7) is 3.31. The van der Waals surface area contributed by atoms with Crippen LogP contribution in [0.15, 0.2) is 54.9 Å². The predicted octanol–water partition coefficient (Wildman–Crippen LogP) is 2.27. The molecule has 0 radical (unpaired) electrons. The Kier molecular flexibility index (Phi) is 5.85. The van der Waals surface area contributed by atoms with Crippen LogP contribution in [-0.4, -0.2) is 75.3 Å². The zero-order chi connectivity index (χ0) is 22.8. The molecule has 2 aromatic rings. The first-order valence-electron chi connectivity index (χ1n) is 11.7. The highest BCUT2D eigenvalue weighted by Gasteiger charge is 2.54. The number of nitrogens with one attached hydrogen (secondary N) is 1. The number of aromatic nitrogens is 1. The number of likely N-dealkylation sites (tertiary alicyclic amines) is 2. The van der Waals surface area contributed by atoms with Crippen molar-refractivity contribution in [2.75, 3.05) is 26.2 Å². The highest BCUT2D eigenvalue weighted by molar-refractivity contribution is 6.07. The minimum absolute atomic E-state index is 0.0295. The van der Waals surface area contributed by atoms with Crippen molar-refractivity contribution < 1.29 is 14.4 Å². The van der Waals surface area contributed by atoms with Crippen molar-refractivity contribution in [2.45, 2.75) is 43.8 Å². The fourth-order valence-electron chi connectivity index (χ4n) is 5.30. The van der Waals surface area contributed by atoms with E-state index in [1.807, 2.05) is 30.3 Å². The van der Waals surface area contributed by atoms with Crippen LogP contribution >= 0.6 is 0 Å². The first kappa shape index (κ1) is 21.6. The Bertz CT molecular complexity index is 1020. The highest BCUT2D eigenvalue weighted by Crippen LogP contribution is 2.33. The molecular formula is C25H29N5O3. The minimum Gasteiger partial charge on any atom is -0.338 e. The fraction of sp³-hybridized carbons (Fsp3) is 0.440. The van der Waals surface area contributed by atoms with Gasteiger partial charge in [-0.25, -0.2) is 4.79 Å². The van der Waals surface area contributed by atoms with E-state index < -0.39 is 5.54 Å². The van der Waals surface area contributed by atoms with Crippen molar-refractivity contribution in [1.82, 2.24) is 25.0 Å². The molecule has 3 aliphatic heterocycles. The first-order chi connectivity index (χ1) is 16.1. The summed E-state index contributed by atoms with van der Waals surface area (Å²) < 4.78 is 0. The number of nitrogens with zero attached hydrogens (tertiary/aromatic N) is 4. The number of imide groups is 1. The van der Waals surface area contributed by atoms with E-state index in [0.717, 1.165) is 25.9 Å². The van der Waals surface area contributed by atoms with Gasteiger partial charge in [0, 0.05) is 44.1 Å². The summed E-state index contributed by atoms with van der Waals surface area (Å²) in [6.07, 6.45) is 6.22. The molecule has 3 saturated heterocycles. The van der Waals surface area contributed by atoms with Gasteiger partial charge in [-0.05, 0) is 62.1 Å². The molecule has 0 bridgehead atoms. The third-order valence-corrected chi connectivity index (χ3v) is 7.12. The number of amides is 4. The molecule has 1 spiro atoms. The van der Waals surface area contributed by atoms with E-state index in [1.165, 1.54) is 10.5 Å². The average molecular weight is 448 g/mol. The van der Waals surface area contributed by atoms with E-state index in [9.17, 15) is 14.4 Å². The lowest BCUT2D eigenvalue weighted by Gasteiger charge is -2.39. The van der Waals surface area contributed by atoms with Crippen molar-refractivity contribution in [1.29, 1.82) is 0 Å². The van der Waals surface area contributed by atoms with E-state index in [-0.39, 0.29) is 23.9 Å². The fourth-order valence-corrected chi connectivity index (χ4v) is 5.30. The van der Waals surface area contributed by atoms with E-state index in [2.05, 4.69) is 15.2 Å². The molecule has 0 aliphatic carbocycles. The molecule has 0 unspecified atom stereocenters. The van der Waals surface area contributed by atoms with Crippen LogP contribution in [0, 0.1) is 0 Å². The molecule has 1 aromatic heterocycles. The summed E-state index contributed by atoms with van der Waals surface area (Å²) in [6, 6.07) is 12.8. The van der Waals surface area contributed by atoms with Crippen LogP contribution in [0.5, 0.6) is 0 Å². The second-order valence-electron chi connectivity index (χ2n) is 9.23. The zero-order valence-corrected chi connectivity index (χ0v) is 18.7. The number of pyridine rings is 1. The topological polar surface area (TPSA) is 85.8 Å². The van der Waals surface area contributed by atoms with E-state index in [0.29, 0.717) is 38.0 Å². The third kappa shape index (κ3) is 4.23. The smallest absolute Gasteiger partial charge is 0.325 e. The Morgan fingerprint density at radius 3 is 2.48 bits per heavy atom. The minimum atomic E-state index is -0.891. The van der Waals surface area contributed by atoms with E-state index >= 15 is 0 Å². The second-order valence-corrected chi connectivity index (χ2v) is 9.23. The van der Waals surface area contributed by atoms with Crippen LogP contribution in [0.25, 0.3) is 0 Å². The monoisotopic (exact) mass is 447 g/mol. The predicted molar refractivity (Wildman–Crippen MR) is 122 cm³/mol. The lowest BCUT2D eigenvalue weighted by Crippen LogP contribution is -2.56. The number of urea groups is 1. The number of hydrogen-bond donors (Lipinski definition) is 1. The second kappa shape index (κ2) is 8.94. The Balaban J connectivity index is 1.23. The standard InChI is InChI=1S/C25H29N5O3/c31-22(20-5-2-1-3-6-20)29-15-10-25(11-16-29)23(32)30(24(33)27-25)21-7-4-14-28(18-21)17-19-8-12-26-13-9-19/h1-3,5-6,8-9,12-13,21H,4,7,10-11,14-18H2,(H,27,33)/t21-/m0/s1. The van der Waals surface area contributed by atoms with Gasteiger partial charge in [-0.3, -0.25) is 24.4 Å². The number of benzene rings is 1. The van der Waals surface area contributed by atoms with E-state index in [1.54, 1.807) is 29.4 Å². The van der Waals surface area contributed by atoms with Gasteiger partial charge in [0.15, 0.2) is 0 Å². The summed E-state index contributed by atoms with van der Waals surface area (Å²) >= 11 is 0. The van der Waals surface area contributed by atoms with Crippen LogP contribution in [0.1, 0.15) is 41.6 Å². The van der Waals surface area contributed by atoms with Crippen molar-refractivity contribution in [3.63, 3.8) is 0 Å². The SMILES string of the molecule is O=C(c1ccccc1)N1CCC2(CC1)NC(=O)N([C@H]1CCCN(Cc3ccncc3)C1)C2=O. The highest BCUT2D eigenvalue weighted by atomic mass is 16.2. The van der Waals surface area contributed by atoms with Gasteiger partial charge < -0.3 is 10.2 Å². The van der Waals surface area contributed by atoms with Crippen molar-refractivity contribution in [3.05, 3.63) is 66.0 Å². The Hall–Kier alpha value is -3.26. The van der Waals surface area contributed by atoms with Gasteiger partial charge in [0.2, 0.25) is 0 Å². The Morgan fingerprint density at radius 1 is 1.03 bits per heavy atom. The van der Waals surface area contributed by atoms with Crippen LogP contribution in [-0.2, 0) is 11.3 Å². The van der Waals surface area contributed by atoms with Gasteiger partial charge in [-0.15, -0.1) is 0 Å². The van der Waals surface area contributed by atoms with Crippen molar-refractivity contribution >= 4 is 17.8 Å². The molecule has 5 rings (SSSR count). The third-order valence-electron chi connectivity index (χ3n) is 7.12. The normalized spacial score (nSPS) is 23.1. The molecular weight excluding hydrogens is 418 g/mol. The number of rotatable bonds is 4. The average Bonchev–Trinajstić information content (AvgIpc) is 3.09. The van der Waals surface area contributed by atoms with Gasteiger partial charge in [0.25, 0.3) is 11.8 Å². The van der Waals surface area contributed by atoms with Crippen molar-refractivity contribution in [3.8, 4) is 0 Å². The first-order valence-corrected chi connectivity index (χ1v) is 11.7. The maximum absolute atomic E-state index is 13.5. The lowest BCUT2D eigenvalue weighted by molar-refractivity contribution is -0.135. The quantitative estimate of drug-likeness (QED) is 0.727. The number of carbonyl (C=O) groups excluding carboxylic acids is 3. The zero-order valence-electron chi connectivity index (χ0n) is 18.7. The summed E-state index contributed by atoms with van der Waals surface area (Å²) in [7, 11) is 0. The maximum atomic E-state index is 13.5. The molecule has 1 atom stereocenters. The van der Waals surface area contributed by atoms with Crippen molar-refractivity contribution in [2.24, 2.45) is 0 Å². The van der Waals surface area contributed by atoms with E-state index in [4.69, 9.17) is 0 Å². The molecule has 8 heteroatoms. The summed E-state index contributed by atoms with van der Waals surface area (Å²) in [5.74, 6) is -0.159. The molecule has 4 amide bonds. The Labute approximate surface area is 193 Å². The van der Waals surface area contributed by atoms with Gasteiger partial charge in [0.1, 0.15) is 5.54 Å². The molecule has 172 valence electrons. The molecule has 3 fully saturated rings. The van der Waals surface area contributed by atoms with Gasteiger partial charge in [0.05, 0.1) is 6.04 Å². The summed E-state index contributed by atoms with van der Waals surface area (Å²) in [5.41, 5.74) is 0.931. The summed E-state index contributed by atoms with van der Waals surface area (Å²) in [4.78, 5) is 48.9. The van der Waals surface area contributed by atoms with Gasteiger partial charge in [-0.2, -0.15) is 0 Å². The van der Waals surface area contributed by atoms with Gasteiger partial charge in [-0.1, -0.05) is 18.2 Å². The maximum Gasteiger partial charge on any atom is 0.325 e. The van der Waals surface area contributed by atoms with Gasteiger partial charge >= 0.3 is 6.03 Å².